The Morgan fingerprint density at radius 1 is 1.17 bits per heavy atom. The molecular formula is C18H31N3O3. The van der Waals surface area contributed by atoms with E-state index in [1.165, 1.54) is 32.5 Å². The third-order valence-electron chi connectivity index (χ3n) is 6.18. The first-order chi connectivity index (χ1) is 11.7. The largest absolute Gasteiger partial charge is 0.378 e. The second kappa shape index (κ2) is 7.18. The molecule has 0 aromatic heterocycles. The lowest BCUT2D eigenvalue weighted by Gasteiger charge is -2.37. The van der Waals surface area contributed by atoms with Crippen molar-refractivity contribution in [3.63, 3.8) is 0 Å². The van der Waals surface area contributed by atoms with Crippen LogP contribution in [0.4, 0.5) is 4.79 Å². The van der Waals surface area contributed by atoms with Gasteiger partial charge in [0, 0.05) is 45.3 Å². The molecule has 4 heterocycles. The minimum atomic E-state index is -0.139. The lowest BCUT2D eigenvalue weighted by atomic mass is 9.90. The highest BCUT2D eigenvalue weighted by Gasteiger charge is 2.42. The van der Waals surface area contributed by atoms with Crippen LogP contribution in [0.5, 0.6) is 0 Å². The fraction of sp³-hybridized carbons (Fsp3) is 0.944. The Morgan fingerprint density at radius 3 is 2.83 bits per heavy atom. The molecule has 0 aromatic rings. The van der Waals surface area contributed by atoms with E-state index in [0.29, 0.717) is 12.5 Å². The topological polar surface area (TPSA) is 54.0 Å². The van der Waals surface area contributed by atoms with Gasteiger partial charge >= 0.3 is 6.03 Å². The molecule has 4 aliphatic rings. The summed E-state index contributed by atoms with van der Waals surface area (Å²) in [6.45, 7) is 7.67. The van der Waals surface area contributed by atoms with E-state index < -0.39 is 0 Å². The van der Waals surface area contributed by atoms with E-state index >= 15 is 0 Å². The number of ether oxygens (including phenoxy) is 2. The lowest BCUT2D eigenvalue weighted by molar-refractivity contribution is -0.0881. The average molecular weight is 337 g/mol. The van der Waals surface area contributed by atoms with Crippen molar-refractivity contribution in [1.29, 1.82) is 0 Å². The first kappa shape index (κ1) is 16.6. The van der Waals surface area contributed by atoms with E-state index in [0.717, 1.165) is 52.0 Å². The quantitative estimate of drug-likeness (QED) is 0.847. The Kier molecular flexibility index (Phi) is 4.97. The maximum absolute atomic E-state index is 12.6. The zero-order valence-corrected chi connectivity index (χ0v) is 14.7. The van der Waals surface area contributed by atoms with Gasteiger partial charge in [-0.05, 0) is 51.1 Å². The van der Waals surface area contributed by atoms with Crippen LogP contribution in [0.1, 0.15) is 38.5 Å². The van der Waals surface area contributed by atoms with Gasteiger partial charge in [-0.25, -0.2) is 4.79 Å². The zero-order chi connectivity index (χ0) is 16.4. The molecule has 6 nitrogen and oxygen atoms in total. The summed E-state index contributed by atoms with van der Waals surface area (Å²) < 4.78 is 11.5. The number of nitrogens with one attached hydrogen (secondary N) is 1. The normalized spacial score (nSPS) is 37.4. The van der Waals surface area contributed by atoms with Gasteiger partial charge in [0.05, 0.1) is 12.2 Å². The molecule has 4 saturated heterocycles. The van der Waals surface area contributed by atoms with E-state index in [9.17, 15) is 4.79 Å². The molecule has 0 aliphatic carbocycles. The van der Waals surface area contributed by atoms with Crippen molar-refractivity contribution in [2.45, 2.75) is 50.2 Å². The van der Waals surface area contributed by atoms with Gasteiger partial charge in [-0.3, -0.25) is 0 Å². The van der Waals surface area contributed by atoms with Crippen molar-refractivity contribution in [3.8, 4) is 0 Å². The van der Waals surface area contributed by atoms with E-state index in [1.54, 1.807) is 0 Å². The van der Waals surface area contributed by atoms with Gasteiger partial charge in [0.1, 0.15) is 0 Å². The van der Waals surface area contributed by atoms with Crippen molar-refractivity contribution in [2.75, 3.05) is 52.5 Å². The summed E-state index contributed by atoms with van der Waals surface area (Å²) in [6, 6.07) is 0.352. The average Bonchev–Trinajstić information content (AvgIpc) is 3.31. The van der Waals surface area contributed by atoms with Gasteiger partial charge in [-0.15, -0.1) is 0 Å². The van der Waals surface area contributed by atoms with E-state index in [4.69, 9.17) is 9.47 Å². The Balaban J connectivity index is 1.24. The zero-order valence-electron chi connectivity index (χ0n) is 14.7. The molecule has 4 aliphatic heterocycles. The van der Waals surface area contributed by atoms with Crippen molar-refractivity contribution in [3.05, 3.63) is 0 Å². The van der Waals surface area contributed by atoms with Crippen LogP contribution in [0.3, 0.4) is 0 Å². The molecule has 0 bridgehead atoms. The van der Waals surface area contributed by atoms with Crippen LogP contribution in [0, 0.1) is 5.92 Å². The Bertz CT molecular complexity index is 447. The monoisotopic (exact) mass is 337 g/mol. The molecule has 0 radical (unpaired) electrons. The van der Waals surface area contributed by atoms with Crippen molar-refractivity contribution in [2.24, 2.45) is 5.92 Å². The molecule has 4 rings (SSSR count). The van der Waals surface area contributed by atoms with Gasteiger partial charge in [0.15, 0.2) is 0 Å². The lowest BCUT2D eigenvalue weighted by Crippen LogP contribution is -2.51. The van der Waals surface area contributed by atoms with Crippen LogP contribution in [0.25, 0.3) is 0 Å². The first-order valence-corrected chi connectivity index (χ1v) is 9.72. The Hall–Kier alpha value is -0.850. The predicted octanol–water partition coefficient (Wildman–Crippen LogP) is 1.45. The van der Waals surface area contributed by atoms with Crippen LogP contribution in [0.15, 0.2) is 0 Å². The fourth-order valence-corrected chi connectivity index (χ4v) is 4.78. The Labute approximate surface area is 144 Å². The van der Waals surface area contributed by atoms with Crippen LogP contribution in [-0.2, 0) is 9.47 Å². The molecule has 136 valence electrons. The van der Waals surface area contributed by atoms with Crippen molar-refractivity contribution < 1.29 is 14.3 Å². The molecule has 24 heavy (non-hydrogen) atoms. The van der Waals surface area contributed by atoms with Crippen LogP contribution >= 0.6 is 0 Å². The summed E-state index contributed by atoms with van der Waals surface area (Å²) in [5.41, 5.74) is -0.139. The smallest absolute Gasteiger partial charge is 0.317 e. The minimum absolute atomic E-state index is 0.125. The van der Waals surface area contributed by atoms with Crippen molar-refractivity contribution in [1.82, 2.24) is 15.1 Å². The molecular weight excluding hydrogens is 306 g/mol. The Morgan fingerprint density at radius 2 is 2.04 bits per heavy atom. The SMILES string of the molecule is O=C(NC1CCOC2(CCOC2)C1)N1CCC(CN2CCCC2)C1. The molecule has 1 N–H and O–H groups in total. The highest BCUT2D eigenvalue weighted by molar-refractivity contribution is 5.74. The van der Waals surface area contributed by atoms with Crippen LogP contribution in [-0.4, -0.2) is 80.0 Å². The van der Waals surface area contributed by atoms with Gasteiger partial charge in [0.2, 0.25) is 0 Å². The van der Waals surface area contributed by atoms with Crippen LogP contribution in [0.2, 0.25) is 0 Å². The van der Waals surface area contributed by atoms with Gasteiger partial charge in [0.25, 0.3) is 0 Å². The van der Waals surface area contributed by atoms with Gasteiger partial charge in [-0.2, -0.15) is 0 Å². The molecule has 4 fully saturated rings. The standard InChI is InChI=1S/C18H31N3O3/c22-17(19-16-4-9-24-18(11-16)5-10-23-14-18)21-8-3-15(13-21)12-20-6-1-2-7-20/h15-16H,1-14H2,(H,19,22). The summed E-state index contributed by atoms with van der Waals surface area (Å²) >= 11 is 0. The summed E-state index contributed by atoms with van der Waals surface area (Å²) in [4.78, 5) is 17.2. The molecule has 3 atom stereocenters. The van der Waals surface area contributed by atoms with E-state index in [2.05, 4.69) is 10.2 Å². The molecule has 6 heteroatoms. The highest BCUT2D eigenvalue weighted by atomic mass is 16.6. The third kappa shape index (κ3) is 3.70. The minimum Gasteiger partial charge on any atom is -0.378 e. The third-order valence-corrected chi connectivity index (χ3v) is 6.18. The first-order valence-electron chi connectivity index (χ1n) is 9.72. The van der Waals surface area contributed by atoms with Crippen molar-refractivity contribution >= 4 is 6.03 Å². The molecule has 0 saturated carbocycles. The van der Waals surface area contributed by atoms with Gasteiger partial charge in [-0.1, -0.05) is 0 Å². The highest BCUT2D eigenvalue weighted by Crippen LogP contribution is 2.33. The summed E-state index contributed by atoms with van der Waals surface area (Å²) in [5.74, 6) is 0.651. The molecule has 2 amide bonds. The van der Waals surface area contributed by atoms with E-state index in [1.807, 2.05) is 4.90 Å². The number of nitrogens with zero attached hydrogens (tertiary/aromatic N) is 2. The second-order valence-corrected chi connectivity index (χ2v) is 8.08. The van der Waals surface area contributed by atoms with Gasteiger partial charge < -0.3 is 24.6 Å². The number of rotatable bonds is 3. The summed E-state index contributed by atoms with van der Waals surface area (Å²) in [6.07, 6.45) is 6.59. The molecule has 1 spiro atoms. The number of carbonyl (C=O) groups is 1. The fourth-order valence-electron chi connectivity index (χ4n) is 4.78. The second-order valence-electron chi connectivity index (χ2n) is 8.08. The maximum atomic E-state index is 12.6. The predicted molar refractivity (Wildman–Crippen MR) is 91.0 cm³/mol. The van der Waals surface area contributed by atoms with E-state index in [-0.39, 0.29) is 17.7 Å². The summed E-state index contributed by atoms with van der Waals surface area (Å²) in [7, 11) is 0. The number of amides is 2. The number of urea groups is 1. The number of carbonyl (C=O) groups excluding carboxylic acids is 1. The van der Waals surface area contributed by atoms with Crippen LogP contribution < -0.4 is 5.32 Å². The number of likely N-dealkylation sites (tertiary alicyclic amines) is 2. The number of hydrogen-bond donors (Lipinski definition) is 1. The molecule has 3 unspecified atom stereocenters. The maximum Gasteiger partial charge on any atom is 0.317 e. The molecule has 0 aromatic carbocycles. The summed E-state index contributed by atoms with van der Waals surface area (Å²) in [5, 5.41) is 3.26. The number of hydrogen-bond acceptors (Lipinski definition) is 4.